The summed E-state index contributed by atoms with van der Waals surface area (Å²) in [7, 11) is 3.11. The van der Waals surface area contributed by atoms with Crippen LogP contribution in [0.3, 0.4) is 0 Å². The van der Waals surface area contributed by atoms with Gasteiger partial charge in [-0.2, -0.15) is 0 Å². The van der Waals surface area contributed by atoms with Gasteiger partial charge in [0.25, 0.3) is 5.56 Å². The number of nitrogens with two attached hydrogens (primary N) is 1. The number of aryl methyl sites for hydroxylation is 2. The summed E-state index contributed by atoms with van der Waals surface area (Å²) in [5.74, 6) is 0.645. The van der Waals surface area contributed by atoms with Gasteiger partial charge in [0.2, 0.25) is 0 Å². The molecule has 0 aliphatic heterocycles. The van der Waals surface area contributed by atoms with E-state index in [9.17, 15) is 9.59 Å². The Kier molecular flexibility index (Phi) is 3.80. The molecule has 0 amide bonds. The smallest absolute Gasteiger partial charge is 0.322 e. The summed E-state index contributed by atoms with van der Waals surface area (Å²) in [6, 6.07) is -0.293. The van der Waals surface area contributed by atoms with Gasteiger partial charge in [-0.25, -0.2) is 9.78 Å². The molecule has 0 saturated carbocycles. The Morgan fingerprint density at radius 2 is 1.90 bits per heavy atom. The highest BCUT2D eigenvalue weighted by Gasteiger charge is 2.20. The predicted molar refractivity (Wildman–Crippen MR) is 77.7 cm³/mol. The highest BCUT2D eigenvalue weighted by atomic mass is 16.2. The lowest BCUT2D eigenvalue weighted by Crippen LogP contribution is -2.37. The molecular formula is C13H21N5O2. The molecule has 0 radical (unpaired) electrons. The molecule has 7 nitrogen and oxygen atoms in total. The lowest BCUT2D eigenvalue weighted by Gasteiger charge is -2.12. The minimum Gasteiger partial charge on any atom is -0.322 e. The quantitative estimate of drug-likeness (QED) is 0.869. The van der Waals surface area contributed by atoms with Crippen molar-refractivity contribution in [2.75, 3.05) is 0 Å². The van der Waals surface area contributed by atoms with Crippen molar-refractivity contribution in [3.05, 3.63) is 26.7 Å². The molecule has 0 saturated heterocycles. The van der Waals surface area contributed by atoms with Crippen LogP contribution in [0.5, 0.6) is 0 Å². The van der Waals surface area contributed by atoms with Crippen LogP contribution in [0.4, 0.5) is 0 Å². The van der Waals surface area contributed by atoms with E-state index in [1.54, 1.807) is 7.05 Å². The van der Waals surface area contributed by atoms with Crippen LogP contribution in [0.2, 0.25) is 0 Å². The molecule has 110 valence electrons. The van der Waals surface area contributed by atoms with E-state index in [0.29, 0.717) is 23.5 Å². The third-order valence-electron chi connectivity index (χ3n) is 3.51. The lowest BCUT2D eigenvalue weighted by atomic mass is 10.3. The van der Waals surface area contributed by atoms with Crippen molar-refractivity contribution in [3.63, 3.8) is 0 Å². The van der Waals surface area contributed by atoms with Crippen LogP contribution in [0.15, 0.2) is 9.59 Å². The van der Waals surface area contributed by atoms with E-state index >= 15 is 0 Å². The second-order valence-electron chi connectivity index (χ2n) is 5.14. The number of fused-ring (bicyclic) bond motifs is 1. The van der Waals surface area contributed by atoms with Crippen molar-refractivity contribution in [1.29, 1.82) is 0 Å². The lowest BCUT2D eigenvalue weighted by molar-refractivity contribution is 0.574. The molecule has 1 atom stereocenters. The fourth-order valence-corrected chi connectivity index (χ4v) is 2.39. The van der Waals surface area contributed by atoms with Gasteiger partial charge in [0.05, 0.1) is 6.04 Å². The molecule has 7 heteroatoms. The number of imidazole rings is 1. The number of hydrogen-bond donors (Lipinski definition) is 1. The van der Waals surface area contributed by atoms with E-state index in [2.05, 4.69) is 11.9 Å². The fourth-order valence-electron chi connectivity index (χ4n) is 2.39. The molecule has 20 heavy (non-hydrogen) atoms. The first-order valence-corrected chi connectivity index (χ1v) is 6.81. The van der Waals surface area contributed by atoms with Gasteiger partial charge in [-0.3, -0.25) is 13.9 Å². The average molecular weight is 279 g/mol. The third kappa shape index (κ3) is 2.07. The summed E-state index contributed by atoms with van der Waals surface area (Å²) in [6.07, 6.45) is 1.95. The van der Waals surface area contributed by atoms with Crippen LogP contribution >= 0.6 is 0 Å². The van der Waals surface area contributed by atoms with Crippen LogP contribution in [0, 0.1) is 0 Å². The molecule has 0 aromatic carbocycles. The number of hydrogen-bond acceptors (Lipinski definition) is 4. The first-order valence-electron chi connectivity index (χ1n) is 6.81. The van der Waals surface area contributed by atoms with Crippen molar-refractivity contribution in [2.45, 2.75) is 39.3 Å². The summed E-state index contributed by atoms with van der Waals surface area (Å²) in [6.45, 7) is 4.61. The predicted octanol–water partition coefficient (Wildman–Crippen LogP) is 0.254. The van der Waals surface area contributed by atoms with Gasteiger partial charge in [0, 0.05) is 20.6 Å². The number of aromatic nitrogens is 4. The summed E-state index contributed by atoms with van der Waals surface area (Å²) in [5, 5.41) is 0. The zero-order valence-electron chi connectivity index (χ0n) is 12.4. The van der Waals surface area contributed by atoms with E-state index in [1.165, 1.54) is 11.6 Å². The molecule has 2 N–H and O–H groups in total. The minimum atomic E-state index is -0.375. The molecule has 1 unspecified atom stereocenters. The first-order chi connectivity index (χ1) is 9.40. The summed E-state index contributed by atoms with van der Waals surface area (Å²) < 4.78 is 4.43. The van der Waals surface area contributed by atoms with Gasteiger partial charge in [0.15, 0.2) is 5.52 Å². The van der Waals surface area contributed by atoms with Gasteiger partial charge in [-0.1, -0.05) is 13.3 Å². The molecule has 2 aromatic heterocycles. The first kappa shape index (κ1) is 14.5. The zero-order valence-corrected chi connectivity index (χ0v) is 12.4. The Morgan fingerprint density at radius 1 is 1.25 bits per heavy atom. The molecular weight excluding hydrogens is 258 g/mol. The van der Waals surface area contributed by atoms with Crippen LogP contribution in [-0.2, 0) is 20.6 Å². The summed E-state index contributed by atoms with van der Waals surface area (Å²) >= 11 is 0. The van der Waals surface area contributed by atoms with Gasteiger partial charge in [-0.15, -0.1) is 0 Å². The largest absolute Gasteiger partial charge is 0.332 e. The molecule has 2 heterocycles. The summed E-state index contributed by atoms with van der Waals surface area (Å²) in [5.41, 5.74) is 6.08. The van der Waals surface area contributed by atoms with Gasteiger partial charge in [0.1, 0.15) is 11.5 Å². The highest BCUT2D eigenvalue weighted by Crippen LogP contribution is 2.17. The Bertz CT molecular complexity index is 751. The van der Waals surface area contributed by atoms with E-state index in [4.69, 9.17) is 5.73 Å². The Balaban J connectivity index is 2.89. The van der Waals surface area contributed by atoms with Crippen molar-refractivity contribution >= 4 is 11.2 Å². The Hall–Kier alpha value is -1.89. The standard InChI is InChI=1S/C13H21N5O2/c1-5-6-7-18-10(8(2)14)15-9-11(18)16(3)13(20)17(4)12(9)19/h8H,5-7,14H2,1-4H3. The van der Waals surface area contributed by atoms with E-state index in [-0.39, 0.29) is 17.3 Å². The second-order valence-corrected chi connectivity index (χ2v) is 5.14. The van der Waals surface area contributed by atoms with Crippen LogP contribution in [0.1, 0.15) is 38.6 Å². The number of unbranched alkanes of at least 4 members (excludes halogenated alkanes) is 1. The molecule has 2 rings (SSSR count). The van der Waals surface area contributed by atoms with Crippen molar-refractivity contribution < 1.29 is 0 Å². The molecule has 0 aliphatic carbocycles. The van der Waals surface area contributed by atoms with Gasteiger partial charge >= 0.3 is 5.69 Å². The highest BCUT2D eigenvalue weighted by molar-refractivity contribution is 5.71. The van der Waals surface area contributed by atoms with Gasteiger partial charge < -0.3 is 10.3 Å². The Morgan fingerprint density at radius 3 is 2.45 bits per heavy atom. The topological polar surface area (TPSA) is 87.8 Å². The maximum Gasteiger partial charge on any atom is 0.332 e. The SMILES string of the molecule is CCCCn1c(C(C)N)nc2c(=O)n(C)c(=O)n(C)c21. The Labute approximate surface area is 116 Å². The van der Waals surface area contributed by atoms with Gasteiger partial charge in [-0.05, 0) is 13.3 Å². The van der Waals surface area contributed by atoms with Crippen LogP contribution < -0.4 is 17.0 Å². The van der Waals surface area contributed by atoms with Crippen molar-refractivity contribution in [2.24, 2.45) is 19.8 Å². The molecule has 2 aromatic rings. The average Bonchev–Trinajstić information content (AvgIpc) is 2.80. The van der Waals surface area contributed by atoms with Crippen LogP contribution in [0.25, 0.3) is 11.2 Å². The fraction of sp³-hybridized carbons (Fsp3) is 0.615. The van der Waals surface area contributed by atoms with Crippen molar-refractivity contribution in [1.82, 2.24) is 18.7 Å². The monoisotopic (exact) mass is 279 g/mol. The zero-order chi connectivity index (χ0) is 15.0. The molecule has 0 aliphatic rings. The van der Waals surface area contributed by atoms with E-state index < -0.39 is 0 Å². The summed E-state index contributed by atoms with van der Waals surface area (Å²) in [4.78, 5) is 28.6. The molecule has 0 spiro atoms. The second kappa shape index (κ2) is 5.24. The maximum atomic E-state index is 12.2. The third-order valence-corrected chi connectivity index (χ3v) is 3.51. The molecule has 0 bridgehead atoms. The maximum absolute atomic E-state index is 12.2. The van der Waals surface area contributed by atoms with Crippen molar-refractivity contribution in [3.8, 4) is 0 Å². The normalized spacial score (nSPS) is 13.1. The van der Waals surface area contributed by atoms with Crippen LogP contribution in [-0.4, -0.2) is 18.7 Å². The molecule has 0 fully saturated rings. The number of nitrogens with zero attached hydrogens (tertiary/aromatic N) is 4. The number of rotatable bonds is 4. The van der Waals surface area contributed by atoms with E-state index in [1.807, 2.05) is 11.5 Å². The minimum absolute atomic E-state index is 0.293. The van der Waals surface area contributed by atoms with E-state index in [0.717, 1.165) is 17.4 Å².